The fourth-order valence-electron chi connectivity index (χ4n) is 3.65. The minimum Gasteiger partial charge on any atom is -0.358 e. The normalized spacial score (nSPS) is 11.4. The first-order valence-corrected chi connectivity index (χ1v) is 9.57. The van der Waals surface area contributed by atoms with Gasteiger partial charge in [-0.05, 0) is 74.1 Å². The Balaban J connectivity index is 1.61. The predicted octanol–water partition coefficient (Wildman–Crippen LogP) is 4.99. The Morgan fingerprint density at radius 2 is 1.79 bits per heavy atom. The monoisotopic (exact) mass is 371 g/mol. The van der Waals surface area contributed by atoms with Gasteiger partial charge in [-0.15, -0.1) is 0 Å². The molecule has 28 heavy (non-hydrogen) atoms. The highest BCUT2D eigenvalue weighted by atomic mass is 16.1. The van der Waals surface area contributed by atoms with Gasteiger partial charge in [0.15, 0.2) is 0 Å². The van der Waals surface area contributed by atoms with E-state index in [-0.39, 0.29) is 5.91 Å². The van der Waals surface area contributed by atoms with E-state index in [1.165, 1.54) is 16.6 Å². The Labute approximate surface area is 165 Å². The number of aryl methyl sites for hydroxylation is 1. The van der Waals surface area contributed by atoms with Crippen molar-refractivity contribution in [2.75, 3.05) is 26.0 Å². The number of fused-ring (bicyclic) bond motifs is 2. The molecule has 4 heteroatoms. The van der Waals surface area contributed by atoms with E-state index in [1.54, 1.807) is 0 Å². The Kier molecular flexibility index (Phi) is 4.88. The number of carbonyl (C=O) groups excluding carboxylic acids is 1. The number of nitrogens with zero attached hydrogens (tertiary/aromatic N) is 1. The van der Waals surface area contributed by atoms with Crippen LogP contribution >= 0.6 is 0 Å². The van der Waals surface area contributed by atoms with Gasteiger partial charge in [-0.2, -0.15) is 0 Å². The van der Waals surface area contributed by atoms with Gasteiger partial charge in [0.25, 0.3) is 5.91 Å². The van der Waals surface area contributed by atoms with E-state index in [1.807, 2.05) is 48.5 Å². The average molecular weight is 371 g/mol. The van der Waals surface area contributed by atoms with Crippen molar-refractivity contribution in [3.8, 4) is 0 Å². The van der Waals surface area contributed by atoms with Gasteiger partial charge in [-0.3, -0.25) is 4.79 Å². The smallest absolute Gasteiger partial charge is 0.255 e. The van der Waals surface area contributed by atoms with Gasteiger partial charge in [0, 0.05) is 34.4 Å². The van der Waals surface area contributed by atoms with Crippen LogP contribution in [0.3, 0.4) is 0 Å². The third kappa shape index (κ3) is 3.64. The molecule has 0 aliphatic heterocycles. The summed E-state index contributed by atoms with van der Waals surface area (Å²) in [6.07, 6.45) is 0.973. The SMILES string of the molecule is Cc1[nH]c2ccc(NC(=O)c3ccc4ccccc4c3)cc2c1CCN(C)C. The van der Waals surface area contributed by atoms with Crippen LogP contribution < -0.4 is 5.32 Å². The molecule has 0 bridgehead atoms. The molecule has 2 N–H and O–H groups in total. The standard InChI is InChI=1S/C24H25N3O/c1-16-21(12-13-27(2)3)22-15-20(10-11-23(22)25-16)26-24(28)19-9-8-17-6-4-5-7-18(17)14-19/h4-11,14-15,25H,12-13H2,1-3H3,(H,26,28). The fourth-order valence-corrected chi connectivity index (χ4v) is 3.65. The fraction of sp³-hybridized carbons (Fsp3) is 0.208. The van der Waals surface area contributed by atoms with Crippen LogP contribution in [-0.4, -0.2) is 36.4 Å². The Bertz CT molecular complexity index is 1160. The largest absolute Gasteiger partial charge is 0.358 e. The van der Waals surface area contributed by atoms with Gasteiger partial charge in [0.1, 0.15) is 0 Å². The van der Waals surface area contributed by atoms with Crippen molar-refractivity contribution in [2.24, 2.45) is 0 Å². The van der Waals surface area contributed by atoms with Gasteiger partial charge in [-0.1, -0.05) is 30.3 Å². The van der Waals surface area contributed by atoms with Crippen molar-refractivity contribution in [3.05, 3.63) is 77.5 Å². The molecule has 0 saturated carbocycles. The molecule has 0 saturated heterocycles. The van der Waals surface area contributed by atoms with Crippen molar-refractivity contribution < 1.29 is 4.79 Å². The Morgan fingerprint density at radius 3 is 2.57 bits per heavy atom. The first-order valence-electron chi connectivity index (χ1n) is 9.57. The third-order valence-electron chi connectivity index (χ3n) is 5.20. The zero-order chi connectivity index (χ0) is 19.7. The molecule has 4 nitrogen and oxygen atoms in total. The molecule has 4 rings (SSSR count). The molecule has 0 fully saturated rings. The summed E-state index contributed by atoms with van der Waals surface area (Å²) in [4.78, 5) is 18.4. The molecule has 0 aliphatic rings. The lowest BCUT2D eigenvalue weighted by Crippen LogP contribution is -2.15. The summed E-state index contributed by atoms with van der Waals surface area (Å²) in [5.74, 6) is -0.0906. The summed E-state index contributed by atoms with van der Waals surface area (Å²) < 4.78 is 0. The lowest BCUT2D eigenvalue weighted by molar-refractivity contribution is 0.102. The molecule has 1 heterocycles. The lowest BCUT2D eigenvalue weighted by Gasteiger charge is -2.10. The molecule has 1 amide bonds. The molecule has 0 unspecified atom stereocenters. The van der Waals surface area contributed by atoms with Crippen LogP contribution in [0.5, 0.6) is 0 Å². The number of aromatic amines is 1. The van der Waals surface area contributed by atoms with Crippen molar-refractivity contribution in [2.45, 2.75) is 13.3 Å². The maximum Gasteiger partial charge on any atom is 0.255 e. The molecule has 0 atom stereocenters. The van der Waals surface area contributed by atoms with E-state index in [0.29, 0.717) is 5.56 Å². The summed E-state index contributed by atoms with van der Waals surface area (Å²) in [7, 11) is 4.17. The zero-order valence-electron chi connectivity index (χ0n) is 16.5. The highest BCUT2D eigenvalue weighted by Gasteiger charge is 2.12. The van der Waals surface area contributed by atoms with Crippen LogP contribution in [0.15, 0.2) is 60.7 Å². The van der Waals surface area contributed by atoms with Gasteiger partial charge < -0.3 is 15.2 Å². The van der Waals surface area contributed by atoms with Crippen LogP contribution in [-0.2, 0) is 6.42 Å². The maximum atomic E-state index is 12.8. The second-order valence-electron chi connectivity index (χ2n) is 7.56. The number of anilines is 1. The van der Waals surface area contributed by atoms with E-state index in [9.17, 15) is 4.79 Å². The quantitative estimate of drug-likeness (QED) is 0.519. The molecule has 0 radical (unpaired) electrons. The second-order valence-corrected chi connectivity index (χ2v) is 7.56. The summed E-state index contributed by atoms with van der Waals surface area (Å²) in [5, 5.41) is 6.43. The van der Waals surface area contributed by atoms with E-state index in [4.69, 9.17) is 0 Å². The van der Waals surface area contributed by atoms with Crippen LogP contribution in [0.25, 0.3) is 21.7 Å². The number of hydrogen-bond acceptors (Lipinski definition) is 2. The number of nitrogens with one attached hydrogen (secondary N) is 2. The number of carbonyl (C=O) groups is 1. The summed E-state index contributed by atoms with van der Waals surface area (Å²) in [6.45, 7) is 3.10. The van der Waals surface area contributed by atoms with Gasteiger partial charge in [-0.25, -0.2) is 0 Å². The molecular formula is C24H25N3O. The molecule has 142 valence electrons. The molecular weight excluding hydrogens is 346 g/mol. The molecule has 1 aromatic heterocycles. The van der Waals surface area contributed by atoms with Crippen LogP contribution in [0.2, 0.25) is 0 Å². The maximum absolute atomic E-state index is 12.8. The number of likely N-dealkylation sites (N-methyl/N-ethyl adjacent to an activating group) is 1. The second kappa shape index (κ2) is 7.49. The number of rotatable bonds is 5. The first-order chi connectivity index (χ1) is 13.5. The number of benzene rings is 3. The van der Waals surface area contributed by atoms with Gasteiger partial charge >= 0.3 is 0 Å². The highest BCUT2D eigenvalue weighted by Crippen LogP contribution is 2.26. The Morgan fingerprint density at radius 1 is 1.00 bits per heavy atom. The third-order valence-corrected chi connectivity index (χ3v) is 5.20. The van der Waals surface area contributed by atoms with E-state index in [2.05, 4.69) is 48.4 Å². The topological polar surface area (TPSA) is 48.1 Å². The number of amides is 1. The minimum atomic E-state index is -0.0906. The molecule has 0 aliphatic carbocycles. The van der Waals surface area contributed by atoms with Crippen LogP contribution in [0.4, 0.5) is 5.69 Å². The molecule has 4 aromatic rings. The number of aromatic nitrogens is 1. The van der Waals surface area contributed by atoms with Gasteiger partial charge in [0.2, 0.25) is 0 Å². The van der Waals surface area contributed by atoms with Crippen molar-refractivity contribution in [1.82, 2.24) is 9.88 Å². The lowest BCUT2D eigenvalue weighted by atomic mass is 10.1. The zero-order valence-corrected chi connectivity index (χ0v) is 16.5. The van der Waals surface area contributed by atoms with E-state index < -0.39 is 0 Å². The summed E-state index contributed by atoms with van der Waals surface area (Å²) in [6, 6.07) is 19.9. The van der Waals surface area contributed by atoms with Crippen molar-refractivity contribution >= 4 is 33.3 Å². The average Bonchev–Trinajstić information content (AvgIpc) is 3.00. The highest BCUT2D eigenvalue weighted by molar-refractivity contribution is 6.07. The van der Waals surface area contributed by atoms with Crippen molar-refractivity contribution in [3.63, 3.8) is 0 Å². The van der Waals surface area contributed by atoms with Crippen LogP contribution in [0.1, 0.15) is 21.6 Å². The van der Waals surface area contributed by atoms with Crippen LogP contribution in [0, 0.1) is 6.92 Å². The Hall–Kier alpha value is -3.11. The summed E-state index contributed by atoms with van der Waals surface area (Å²) in [5.41, 5.74) is 5.09. The first kappa shape index (κ1) is 18.3. The van der Waals surface area contributed by atoms with E-state index >= 15 is 0 Å². The predicted molar refractivity (Wildman–Crippen MR) is 117 cm³/mol. The van der Waals surface area contributed by atoms with E-state index in [0.717, 1.165) is 34.9 Å². The summed E-state index contributed by atoms with van der Waals surface area (Å²) >= 11 is 0. The van der Waals surface area contributed by atoms with Gasteiger partial charge in [0.05, 0.1) is 0 Å². The minimum absolute atomic E-state index is 0.0906. The molecule has 3 aromatic carbocycles. The number of H-pyrrole nitrogens is 1. The van der Waals surface area contributed by atoms with Crippen molar-refractivity contribution in [1.29, 1.82) is 0 Å². The molecule has 0 spiro atoms. The number of hydrogen-bond donors (Lipinski definition) is 2.